The van der Waals surface area contributed by atoms with Crippen molar-refractivity contribution in [1.29, 1.82) is 0 Å². The monoisotopic (exact) mass is 282 g/mol. The van der Waals surface area contributed by atoms with E-state index in [9.17, 15) is 14.9 Å². The second-order valence-electron chi connectivity index (χ2n) is 4.41. The molecule has 0 saturated carbocycles. The number of nitro groups is 1. The summed E-state index contributed by atoms with van der Waals surface area (Å²) in [5.74, 6) is -0.162. The second kappa shape index (κ2) is 5.09. The molecule has 0 fully saturated rings. The Hall–Kier alpha value is -3.15. The van der Waals surface area contributed by atoms with Crippen molar-refractivity contribution in [3.8, 4) is 5.75 Å². The molecule has 0 aliphatic carbocycles. The highest BCUT2D eigenvalue weighted by atomic mass is 16.6. The molecule has 0 bridgehead atoms. The summed E-state index contributed by atoms with van der Waals surface area (Å²) in [6, 6.07) is 13.1. The van der Waals surface area contributed by atoms with Crippen LogP contribution >= 0.6 is 0 Å². The van der Waals surface area contributed by atoms with Crippen molar-refractivity contribution in [2.24, 2.45) is 0 Å². The first-order chi connectivity index (χ1) is 10.1. The van der Waals surface area contributed by atoms with Gasteiger partial charge in [0.15, 0.2) is 0 Å². The fourth-order valence-corrected chi connectivity index (χ4v) is 2.01. The van der Waals surface area contributed by atoms with E-state index in [0.717, 1.165) is 5.56 Å². The zero-order valence-electron chi connectivity index (χ0n) is 10.8. The smallest absolute Gasteiger partial charge is 0.270 e. The van der Waals surface area contributed by atoms with Crippen LogP contribution in [0, 0.1) is 10.1 Å². The van der Waals surface area contributed by atoms with E-state index in [1.807, 2.05) is 30.3 Å². The Bertz CT molecular complexity index is 754. The number of benzene rings is 2. The molecule has 1 aliphatic rings. The van der Waals surface area contributed by atoms with Crippen molar-refractivity contribution >= 4 is 17.3 Å². The number of hydrogen-bond donors (Lipinski definition) is 1. The highest BCUT2D eigenvalue weighted by Gasteiger charge is 2.21. The van der Waals surface area contributed by atoms with Crippen molar-refractivity contribution in [3.05, 3.63) is 76.0 Å². The third-order valence-electron chi connectivity index (χ3n) is 3.06. The molecule has 0 unspecified atom stereocenters. The molecule has 2 aromatic carbocycles. The predicted molar refractivity (Wildman–Crippen MR) is 75.6 cm³/mol. The number of nitrogens with zero attached hydrogens (tertiary/aromatic N) is 1. The van der Waals surface area contributed by atoms with Crippen LogP contribution in [0.3, 0.4) is 0 Å². The van der Waals surface area contributed by atoms with Crippen LogP contribution in [0.2, 0.25) is 0 Å². The number of rotatable bonds is 2. The maximum atomic E-state index is 12.2. The zero-order chi connectivity index (χ0) is 14.8. The maximum Gasteiger partial charge on any atom is 0.270 e. The van der Waals surface area contributed by atoms with Crippen LogP contribution in [-0.2, 0) is 0 Å². The van der Waals surface area contributed by atoms with Crippen LogP contribution in [0.25, 0.3) is 5.70 Å². The van der Waals surface area contributed by atoms with Crippen molar-refractivity contribution in [3.63, 3.8) is 0 Å². The van der Waals surface area contributed by atoms with Gasteiger partial charge in [0.25, 0.3) is 11.6 Å². The van der Waals surface area contributed by atoms with E-state index in [2.05, 4.69) is 5.32 Å². The van der Waals surface area contributed by atoms with E-state index in [4.69, 9.17) is 4.74 Å². The van der Waals surface area contributed by atoms with Crippen molar-refractivity contribution in [2.45, 2.75) is 0 Å². The van der Waals surface area contributed by atoms with Gasteiger partial charge in [0.1, 0.15) is 12.0 Å². The number of fused-ring (bicyclic) bond motifs is 1. The third kappa shape index (κ3) is 2.46. The lowest BCUT2D eigenvalue weighted by molar-refractivity contribution is -0.384. The van der Waals surface area contributed by atoms with E-state index < -0.39 is 10.8 Å². The van der Waals surface area contributed by atoms with Crippen LogP contribution in [0.15, 0.2) is 54.8 Å². The lowest BCUT2D eigenvalue weighted by Gasteiger charge is -2.06. The Balaban J connectivity index is 1.98. The quantitative estimate of drug-likeness (QED) is 0.678. The summed E-state index contributed by atoms with van der Waals surface area (Å²) in [6.07, 6.45) is 1.42. The number of non-ortho nitro benzene ring substituents is 1. The predicted octanol–water partition coefficient (Wildman–Crippen LogP) is 2.72. The first kappa shape index (κ1) is 12.9. The highest BCUT2D eigenvalue weighted by molar-refractivity contribution is 6.02. The Morgan fingerprint density at radius 2 is 1.86 bits per heavy atom. The number of ether oxygens (including phenoxy) is 1. The molecule has 6 heteroatoms. The zero-order valence-corrected chi connectivity index (χ0v) is 10.8. The summed E-state index contributed by atoms with van der Waals surface area (Å²) < 4.78 is 5.45. The number of hydrogen-bond acceptors (Lipinski definition) is 4. The van der Waals surface area contributed by atoms with Gasteiger partial charge < -0.3 is 10.1 Å². The van der Waals surface area contributed by atoms with Crippen LogP contribution in [0.5, 0.6) is 5.75 Å². The average molecular weight is 282 g/mol. The largest absolute Gasteiger partial charge is 0.462 e. The molecule has 21 heavy (non-hydrogen) atoms. The minimum absolute atomic E-state index is 0.131. The van der Waals surface area contributed by atoms with Crippen LogP contribution in [0.1, 0.15) is 15.9 Å². The van der Waals surface area contributed by atoms with Gasteiger partial charge in [-0.05, 0) is 6.07 Å². The maximum absolute atomic E-state index is 12.2. The van der Waals surface area contributed by atoms with Crippen LogP contribution in [0.4, 0.5) is 5.69 Å². The topological polar surface area (TPSA) is 81.5 Å². The summed E-state index contributed by atoms with van der Waals surface area (Å²) in [5, 5.41) is 13.5. The first-order valence-corrected chi connectivity index (χ1v) is 6.17. The number of amides is 1. The molecule has 0 saturated heterocycles. The fraction of sp³-hybridized carbons (Fsp3) is 0. The molecule has 1 aliphatic heterocycles. The van der Waals surface area contributed by atoms with Gasteiger partial charge in [-0.3, -0.25) is 14.9 Å². The molecular formula is C15H10N2O4. The summed E-state index contributed by atoms with van der Waals surface area (Å²) in [7, 11) is 0. The third-order valence-corrected chi connectivity index (χ3v) is 3.06. The lowest BCUT2D eigenvalue weighted by atomic mass is 10.1. The van der Waals surface area contributed by atoms with Crippen LogP contribution in [-0.4, -0.2) is 10.8 Å². The van der Waals surface area contributed by atoms with Gasteiger partial charge in [0.05, 0.1) is 16.2 Å². The number of carbonyl (C=O) groups excluding carboxylic acids is 1. The average Bonchev–Trinajstić information content (AvgIpc) is 2.67. The van der Waals surface area contributed by atoms with Gasteiger partial charge in [-0.25, -0.2) is 0 Å². The van der Waals surface area contributed by atoms with E-state index >= 15 is 0 Å². The summed E-state index contributed by atoms with van der Waals surface area (Å²) in [5.41, 5.74) is 1.26. The minimum Gasteiger partial charge on any atom is -0.462 e. The van der Waals surface area contributed by atoms with E-state index in [-0.39, 0.29) is 17.0 Å². The van der Waals surface area contributed by atoms with Gasteiger partial charge in [-0.2, -0.15) is 0 Å². The van der Waals surface area contributed by atoms with E-state index in [0.29, 0.717) is 5.70 Å². The van der Waals surface area contributed by atoms with Gasteiger partial charge in [0, 0.05) is 17.7 Å². The molecule has 2 aromatic rings. The number of nitro benzene ring substituents is 1. The van der Waals surface area contributed by atoms with E-state index in [1.54, 1.807) is 0 Å². The molecular weight excluding hydrogens is 272 g/mol. The normalized spacial score (nSPS) is 13.3. The van der Waals surface area contributed by atoms with Gasteiger partial charge >= 0.3 is 0 Å². The Morgan fingerprint density at radius 1 is 1.10 bits per heavy atom. The number of nitrogens with one attached hydrogen (secondary N) is 1. The molecule has 0 radical (unpaired) electrons. The standard InChI is InChI=1S/C15H10N2O4/c18-15-12-8-11(17(19)20)6-7-14(12)21-9-13(16-15)10-4-2-1-3-5-10/h1-9H,(H,16,18). The second-order valence-corrected chi connectivity index (χ2v) is 4.41. The van der Waals surface area contributed by atoms with Gasteiger partial charge in [-0.1, -0.05) is 30.3 Å². The molecule has 104 valence electrons. The molecule has 0 aromatic heterocycles. The van der Waals surface area contributed by atoms with Crippen LogP contribution < -0.4 is 10.1 Å². The molecule has 6 nitrogen and oxygen atoms in total. The molecule has 1 amide bonds. The Morgan fingerprint density at radius 3 is 2.57 bits per heavy atom. The molecule has 0 spiro atoms. The van der Waals surface area contributed by atoms with Crippen molar-refractivity contribution < 1.29 is 14.5 Å². The Labute approximate surface area is 119 Å². The minimum atomic E-state index is -0.552. The molecule has 1 heterocycles. The molecule has 0 atom stereocenters. The first-order valence-electron chi connectivity index (χ1n) is 6.17. The molecule has 3 rings (SSSR count). The Kier molecular flexibility index (Phi) is 3.12. The summed E-state index contributed by atoms with van der Waals surface area (Å²) >= 11 is 0. The van der Waals surface area contributed by atoms with Crippen molar-refractivity contribution in [2.75, 3.05) is 0 Å². The fourth-order valence-electron chi connectivity index (χ4n) is 2.01. The summed E-state index contributed by atoms with van der Waals surface area (Å²) in [4.78, 5) is 22.4. The highest BCUT2D eigenvalue weighted by Crippen LogP contribution is 2.27. The SMILES string of the molecule is O=C1NC(c2ccccc2)=COc2ccc([N+](=O)[O-])cc21. The lowest BCUT2D eigenvalue weighted by Crippen LogP contribution is -2.20. The van der Waals surface area contributed by atoms with E-state index in [1.165, 1.54) is 24.5 Å². The van der Waals surface area contributed by atoms with Crippen molar-refractivity contribution in [1.82, 2.24) is 5.32 Å². The molecule has 1 N–H and O–H groups in total. The summed E-state index contributed by atoms with van der Waals surface area (Å²) in [6.45, 7) is 0. The number of carbonyl (C=O) groups is 1. The van der Waals surface area contributed by atoms with Gasteiger partial charge in [0.2, 0.25) is 0 Å². The van der Waals surface area contributed by atoms with Gasteiger partial charge in [-0.15, -0.1) is 0 Å².